The second-order valence-electron chi connectivity index (χ2n) is 17.8. The molecule has 49 heavy (non-hydrogen) atoms. The highest BCUT2D eigenvalue weighted by Crippen LogP contribution is 2.76. The molecule has 10 nitrogen and oxygen atoms in total. The number of carboxylic acids is 1. The molecular formula is C39H52N2O8. The van der Waals surface area contributed by atoms with E-state index in [1.54, 1.807) is 13.1 Å². The minimum Gasteiger partial charge on any atom is -0.481 e. The summed E-state index contributed by atoms with van der Waals surface area (Å²) in [5.74, 6) is -1.86. The lowest BCUT2D eigenvalue weighted by Gasteiger charge is -2.70. The number of ether oxygens (including phenoxy) is 1. The number of fused-ring (bicyclic) bond motifs is 7. The van der Waals surface area contributed by atoms with E-state index < -0.39 is 34.0 Å². The zero-order valence-electron chi connectivity index (χ0n) is 30.3. The van der Waals surface area contributed by atoms with Gasteiger partial charge in [-0.1, -0.05) is 33.3 Å². The molecule has 5 aliphatic rings. The SMILES string of the molecule is Cc1oc(=O)oc1COC(=O)[C@]1(C)[C@@H](n2nccc2C)CC[C@@]2(C)[C@H]1CC[C@]1(C)[C@@H]2C(=O)C=C2[C@@H]3C[C@@](C)(C(=O)O)CC[C@]3(C)CC[C@]21C. The summed E-state index contributed by atoms with van der Waals surface area (Å²) < 4.78 is 18.1. The fourth-order valence-corrected chi connectivity index (χ4v) is 12.2. The summed E-state index contributed by atoms with van der Waals surface area (Å²) >= 11 is 0. The first-order valence-electron chi connectivity index (χ1n) is 18.1. The van der Waals surface area contributed by atoms with Crippen molar-refractivity contribution in [2.45, 2.75) is 126 Å². The molecule has 0 radical (unpaired) electrons. The second kappa shape index (κ2) is 10.8. The highest BCUT2D eigenvalue weighted by Gasteiger charge is 2.72. The molecule has 2 heterocycles. The molecule has 4 saturated carbocycles. The van der Waals surface area contributed by atoms with Crippen LogP contribution in [0.1, 0.15) is 123 Å². The van der Waals surface area contributed by atoms with Crippen molar-refractivity contribution < 1.29 is 33.1 Å². The number of hydrogen-bond acceptors (Lipinski definition) is 8. The van der Waals surface area contributed by atoms with Crippen LogP contribution in [0.4, 0.5) is 0 Å². The van der Waals surface area contributed by atoms with Gasteiger partial charge in [0.05, 0.1) is 16.9 Å². The molecule has 0 spiro atoms. The van der Waals surface area contributed by atoms with E-state index in [2.05, 4.69) is 32.8 Å². The van der Waals surface area contributed by atoms with Gasteiger partial charge in [-0.2, -0.15) is 5.10 Å². The van der Waals surface area contributed by atoms with Crippen LogP contribution in [0.5, 0.6) is 0 Å². The van der Waals surface area contributed by atoms with Crippen molar-refractivity contribution >= 4 is 17.7 Å². The molecule has 0 aromatic carbocycles. The van der Waals surface area contributed by atoms with Crippen molar-refractivity contribution in [3.63, 3.8) is 0 Å². The number of aliphatic carboxylic acids is 1. The number of allylic oxidation sites excluding steroid dienone is 2. The molecule has 1 N–H and O–H groups in total. The second-order valence-corrected chi connectivity index (χ2v) is 17.8. The first-order valence-corrected chi connectivity index (χ1v) is 18.1. The molecule has 4 fully saturated rings. The van der Waals surface area contributed by atoms with Crippen LogP contribution in [0, 0.1) is 64.1 Å². The number of carbonyl (C=O) groups is 3. The molecule has 2 aromatic rings. The van der Waals surface area contributed by atoms with Crippen molar-refractivity contribution in [3.8, 4) is 0 Å². The van der Waals surface area contributed by atoms with Gasteiger partial charge >= 0.3 is 17.8 Å². The van der Waals surface area contributed by atoms with Gasteiger partial charge in [-0.15, -0.1) is 0 Å². The molecule has 0 amide bonds. The third-order valence-electron chi connectivity index (χ3n) is 15.5. The van der Waals surface area contributed by atoms with Crippen LogP contribution in [0.3, 0.4) is 0 Å². The number of carboxylic acid groups (broad SMARTS) is 1. The quantitative estimate of drug-likeness (QED) is 0.321. The maximum Gasteiger partial charge on any atom is 0.519 e. The number of aryl methyl sites for hydroxylation is 2. The minimum atomic E-state index is -1.04. The first kappa shape index (κ1) is 34.0. The Morgan fingerprint density at radius 3 is 2.33 bits per heavy atom. The van der Waals surface area contributed by atoms with Gasteiger partial charge in [-0.05, 0) is 131 Å². The summed E-state index contributed by atoms with van der Waals surface area (Å²) in [7, 11) is 0. The van der Waals surface area contributed by atoms with Gasteiger partial charge in [0.25, 0.3) is 0 Å². The summed E-state index contributed by atoms with van der Waals surface area (Å²) in [5.41, 5.74) is -0.912. The summed E-state index contributed by atoms with van der Waals surface area (Å²) in [4.78, 5) is 53.7. The van der Waals surface area contributed by atoms with Crippen molar-refractivity contribution in [1.82, 2.24) is 9.78 Å². The van der Waals surface area contributed by atoms with E-state index in [9.17, 15) is 24.3 Å². The third kappa shape index (κ3) is 4.53. The average molecular weight is 677 g/mol. The highest BCUT2D eigenvalue weighted by molar-refractivity contribution is 5.96. The Balaban J connectivity index is 1.30. The number of esters is 1. The number of carbonyl (C=O) groups excluding carboxylic acids is 2. The first-order chi connectivity index (χ1) is 22.8. The lowest BCUT2D eigenvalue weighted by molar-refractivity contribution is -0.209. The van der Waals surface area contributed by atoms with E-state index in [-0.39, 0.29) is 64.0 Å². The van der Waals surface area contributed by atoms with E-state index in [1.807, 2.05) is 37.6 Å². The van der Waals surface area contributed by atoms with Crippen molar-refractivity contribution in [1.29, 1.82) is 0 Å². The molecule has 0 unspecified atom stereocenters. The molecule has 266 valence electrons. The Bertz CT molecular complexity index is 1820. The van der Waals surface area contributed by atoms with Crippen molar-refractivity contribution in [2.24, 2.45) is 50.2 Å². The Morgan fingerprint density at radius 1 is 0.980 bits per heavy atom. The van der Waals surface area contributed by atoms with E-state index >= 15 is 0 Å². The average Bonchev–Trinajstić information content (AvgIpc) is 3.60. The van der Waals surface area contributed by atoms with Gasteiger partial charge in [-0.3, -0.25) is 19.1 Å². The Labute approximate surface area is 288 Å². The number of rotatable bonds is 5. The summed E-state index contributed by atoms with van der Waals surface area (Å²) in [6.45, 7) is 16.4. The lowest BCUT2D eigenvalue weighted by Crippen LogP contribution is -2.67. The zero-order chi connectivity index (χ0) is 35.5. The molecule has 10 atom stereocenters. The van der Waals surface area contributed by atoms with Crippen LogP contribution < -0.4 is 5.82 Å². The maximum absolute atomic E-state index is 14.9. The molecule has 0 bridgehead atoms. The van der Waals surface area contributed by atoms with Gasteiger partial charge in [0.15, 0.2) is 23.9 Å². The standard InChI is InChI=1S/C39H52N2O8/c1-22-11-18-40-41(22)29-10-12-36(5)28(39(29,8)32(45)47-21-27-23(2)48-33(46)49-27)9-13-38(7)30(36)26(42)19-24-25-20-35(4,31(43)44)15-14-34(25,3)16-17-37(24,38)6/h11,18-19,25,28-30H,9-10,12-17,20-21H2,1-8H3,(H,43,44)/t25-,28+,29-,30+,34+,35-,36-,37+,38+,39-/m0/s1. The number of aromatic nitrogens is 2. The van der Waals surface area contributed by atoms with Crippen LogP contribution >= 0.6 is 0 Å². The van der Waals surface area contributed by atoms with Gasteiger partial charge < -0.3 is 18.7 Å². The van der Waals surface area contributed by atoms with Crippen LogP contribution in [-0.2, 0) is 25.7 Å². The summed E-state index contributed by atoms with van der Waals surface area (Å²) in [6, 6.07) is 1.65. The predicted molar refractivity (Wildman–Crippen MR) is 179 cm³/mol. The van der Waals surface area contributed by atoms with E-state index in [0.29, 0.717) is 19.3 Å². The molecule has 0 saturated heterocycles. The molecule has 10 heteroatoms. The van der Waals surface area contributed by atoms with Gasteiger partial charge in [0.2, 0.25) is 0 Å². The summed E-state index contributed by atoms with van der Waals surface area (Å²) in [5, 5.41) is 14.9. The van der Waals surface area contributed by atoms with Crippen LogP contribution in [-0.4, -0.2) is 32.6 Å². The Kier molecular flexibility index (Phi) is 7.49. The molecule has 5 aliphatic carbocycles. The minimum absolute atomic E-state index is 0.0284. The topological polar surface area (TPSA) is 142 Å². The number of hydrogen-bond donors (Lipinski definition) is 1. The fraction of sp³-hybridized carbons (Fsp3) is 0.718. The highest BCUT2D eigenvalue weighted by atomic mass is 16.6. The zero-order valence-corrected chi connectivity index (χ0v) is 30.3. The maximum atomic E-state index is 14.9. The van der Waals surface area contributed by atoms with E-state index in [0.717, 1.165) is 44.2 Å². The monoisotopic (exact) mass is 676 g/mol. The number of nitrogens with zero attached hydrogens (tertiary/aromatic N) is 2. The normalized spacial score (nSPS) is 43.0. The third-order valence-corrected chi connectivity index (χ3v) is 15.5. The smallest absolute Gasteiger partial charge is 0.481 e. The Morgan fingerprint density at radius 2 is 1.69 bits per heavy atom. The number of ketones is 1. The lowest BCUT2D eigenvalue weighted by atomic mass is 9.33. The van der Waals surface area contributed by atoms with Crippen LogP contribution in [0.2, 0.25) is 0 Å². The molecule has 0 aliphatic heterocycles. The van der Waals surface area contributed by atoms with Gasteiger partial charge in [-0.25, -0.2) is 4.79 Å². The van der Waals surface area contributed by atoms with Crippen molar-refractivity contribution in [2.75, 3.05) is 0 Å². The van der Waals surface area contributed by atoms with Crippen LogP contribution in [0.25, 0.3) is 0 Å². The van der Waals surface area contributed by atoms with Gasteiger partial charge in [0.1, 0.15) is 0 Å². The Hall–Kier alpha value is -3.43. The summed E-state index contributed by atoms with van der Waals surface area (Å²) in [6.07, 6.45) is 10.6. The van der Waals surface area contributed by atoms with Crippen molar-refractivity contribution in [3.05, 3.63) is 51.7 Å². The molecule has 2 aromatic heterocycles. The molecular weight excluding hydrogens is 624 g/mol. The van der Waals surface area contributed by atoms with Crippen LogP contribution in [0.15, 0.2) is 37.5 Å². The van der Waals surface area contributed by atoms with E-state index in [4.69, 9.17) is 13.6 Å². The predicted octanol–water partition coefficient (Wildman–Crippen LogP) is 7.38. The largest absolute Gasteiger partial charge is 0.519 e. The fourth-order valence-electron chi connectivity index (χ4n) is 12.2. The van der Waals surface area contributed by atoms with E-state index in [1.165, 1.54) is 5.57 Å². The van der Waals surface area contributed by atoms with Gasteiger partial charge in [0, 0.05) is 17.8 Å². The molecule has 7 rings (SSSR count).